The lowest BCUT2D eigenvalue weighted by molar-refractivity contribution is 1.16. The zero-order valence-corrected chi connectivity index (χ0v) is 7.01. The fraction of sp³-hybridized carbons (Fsp3) is 0.125. The van der Waals surface area contributed by atoms with Crippen LogP contribution < -0.4 is 10.7 Å². The van der Waals surface area contributed by atoms with E-state index < -0.39 is 0 Å². The summed E-state index contributed by atoms with van der Waals surface area (Å²) in [5, 5.41) is 1.97. The minimum Gasteiger partial charge on any atom is -0.271 e. The van der Waals surface area contributed by atoms with Crippen molar-refractivity contribution in [1.29, 1.82) is 0 Å². The topological polar surface area (TPSA) is 37.1 Å². The summed E-state index contributed by atoms with van der Waals surface area (Å²) in [4.78, 5) is 13.9. The monoisotopic (exact) mass is 175 g/mol. The largest absolute Gasteiger partial charge is 0.271 e. The third-order valence-electron chi connectivity index (χ3n) is 1.92. The fourth-order valence-corrected chi connectivity index (χ4v) is 2.16. The summed E-state index contributed by atoms with van der Waals surface area (Å²) in [6.07, 6.45) is 1.59. The van der Waals surface area contributed by atoms with Crippen LogP contribution in [0.4, 0.5) is 5.69 Å². The molecule has 0 N–H and O–H groups in total. The van der Waals surface area contributed by atoms with Gasteiger partial charge in [0, 0.05) is 4.90 Å². The highest BCUT2D eigenvalue weighted by Gasteiger charge is 2.10. The van der Waals surface area contributed by atoms with Gasteiger partial charge in [0.1, 0.15) is 17.1 Å². The third-order valence-corrected chi connectivity index (χ3v) is 2.82. The lowest BCUT2D eigenvalue weighted by Gasteiger charge is -1.91. The first-order valence-corrected chi connectivity index (χ1v) is 4.64. The summed E-state index contributed by atoms with van der Waals surface area (Å²) in [7, 11) is 0. The highest BCUT2D eigenvalue weighted by Crippen LogP contribution is 2.19. The lowest BCUT2D eigenvalue weighted by atomic mass is 10.3. The molecule has 0 aliphatic carbocycles. The molecule has 3 nitrogen and oxygen atoms in total. The lowest BCUT2D eigenvalue weighted by Crippen LogP contribution is -2.24. The molecule has 0 bridgehead atoms. The van der Waals surface area contributed by atoms with Crippen molar-refractivity contribution in [3.63, 3.8) is 0 Å². The van der Waals surface area contributed by atoms with Crippen molar-refractivity contribution < 1.29 is 0 Å². The molecule has 4 heteroatoms. The van der Waals surface area contributed by atoms with Crippen LogP contribution in [0.3, 0.4) is 0 Å². The average molecular weight is 175 g/mol. The fourth-order valence-electron chi connectivity index (χ4n) is 1.37. The normalized spacial score (nSPS) is 16.7. The molecule has 0 radical (unpaired) electrons. The summed E-state index contributed by atoms with van der Waals surface area (Å²) in [6, 6.07) is 4.06. The van der Waals surface area contributed by atoms with E-state index in [2.05, 4.69) is 21.0 Å². The van der Waals surface area contributed by atoms with Gasteiger partial charge in [-0.3, -0.25) is 4.99 Å². The highest BCUT2D eigenvalue weighted by atomic mass is 32.2. The van der Waals surface area contributed by atoms with Crippen LogP contribution in [0, 0.1) is 0 Å². The first-order valence-electron chi connectivity index (χ1n) is 3.66. The molecule has 1 aromatic carbocycles. The van der Waals surface area contributed by atoms with E-state index in [9.17, 15) is 0 Å². The number of rotatable bonds is 0. The van der Waals surface area contributed by atoms with Crippen molar-refractivity contribution in [3.8, 4) is 0 Å². The molecule has 0 atom stereocenters. The van der Waals surface area contributed by atoms with Crippen molar-refractivity contribution in [2.24, 2.45) is 15.0 Å². The molecule has 2 heterocycles. The van der Waals surface area contributed by atoms with Crippen LogP contribution in [0.15, 0.2) is 32.0 Å². The van der Waals surface area contributed by atoms with E-state index in [1.807, 2.05) is 6.07 Å². The van der Waals surface area contributed by atoms with Crippen LogP contribution in [0.1, 0.15) is 0 Å². The standard InChI is InChI=1S/C8H5N3S/c1-2-6-8(11-4-12-6)7-5(1)9-3-10-7/h1-3H,4H2. The Morgan fingerprint density at radius 1 is 1.25 bits per heavy atom. The Balaban J connectivity index is 2.54. The number of aliphatic imine (C=N–C) groups is 1. The van der Waals surface area contributed by atoms with Gasteiger partial charge in [0.25, 0.3) is 0 Å². The molecule has 2 aliphatic heterocycles. The van der Waals surface area contributed by atoms with Gasteiger partial charge in [-0.05, 0) is 12.1 Å². The van der Waals surface area contributed by atoms with Gasteiger partial charge in [-0.25, -0.2) is 9.98 Å². The molecule has 58 valence electrons. The Bertz CT molecular complexity index is 490. The SMILES string of the molecule is C1=Nc2ccc3c(c2=N1)=NCS3. The van der Waals surface area contributed by atoms with Gasteiger partial charge in [-0.1, -0.05) is 0 Å². The van der Waals surface area contributed by atoms with Crippen LogP contribution in [-0.2, 0) is 0 Å². The first kappa shape index (κ1) is 6.37. The summed E-state index contributed by atoms with van der Waals surface area (Å²) in [6.45, 7) is 0. The molecule has 2 aliphatic rings. The Hall–Kier alpha value is -1.16. The number of thioether (sulfide) groups is 1. The smallest absolute Gasteiger partial charge is 0.117 e. The van der Waals surface area contributed by atoms with Gasteiger partial charge in [0.2, 0.25) is 0 Å². The minimum atomic E-state index is 0.821. The van der Waals surface area contributed by atoms with Gasteiger partial charge < -0.3 is 0 Å². The van der Waals surface area contributed by atoms with E-state index in [0.717, 1.165) is 22.3 Å². The van der Waals surface area contributed by atoms with Crippen molar-refractivity contribution in [2.45, 2.75) is 4.90 Å². The van der Waals surface area contributed by atoms with Crippen molar-refractivity contribution in [2.75, 3.05) is 5.88 Å². The zero-order chi connectivity index (χ0) is 7.97. The first-order chi connectivity index (χ1) is 5.95. The summed E-state index contributed by atoms with van der Waals surface area (Å²) in [5.74, 6) is 0.821. The van der Waals surface area contributed by atoms with E-state index in [4.69, 9.17) is 0 Å². The molecular weight excluding hydrogens is 170 g/mol. The predicted octanol–water partition coefficient (Wildman–Crippen LogP) is 0.662. The van der Waals surface area contributed by atoms with Crippen LogP contribution in [-0.4, -0.2) is 12.2 Å². The molecule has 0 aromatic heterocycles. The maximum atomic E-state index is 4.36. The molecule has 0 saturated heterocycles. The number of nitrogens with zero attached hydrogens (tertiary/aromatic N) is 3. The maximum Gasteiger partial charge on any atom is 0.117 e. The molecule has 0 spiro atoms. The molecule has 1 aromatic rings. The van der Waals surface area contributed by atoms with Gasteiger partial charge >= 0.3 is 0 Å². The van der Waals surface area contributed by atoms with E-state index in [1.165, 1.54) is 4.90 Å². The molecular formula is C8H5N3S. The maximum absolute atomic E-state index is 4.36. The second kappa shape index (κ2) is 2.17. The molecule has 3 rings (SSSR count). The summed E-state index contributed by atoms with van der Waals surface area (Å²) >= 11 is 1.75. The number of hydrogen-bond donors (Lipinski definition) is 0. The van der Waals surface area contributed by atoms with Crippen LogP contribution >= 0.6 is 11.8 Å². The number of hydrogen-bond acceptors (Lipinski definition) is 4. The summed E-state index contributed by atoms with van der Waals surface area (Å²) in [5.41, 5.74) is 0.944. The van der Waals surface area contributed by atoms with E-state index in [-0.39, 0.29) is 0 Å². The second-order valence-corrected chi connectivity index (χ2v) is 3.57. The number of benzene rings is 1. The van der Waals surface area contributed by atoms with Crippen molar-refractivity contribution in [1.82, 2.24) is 0 Å². The zero-order valence-electron chi connectivity index (χ0n) is 6.19. The van der Waals surface area contributed by atoms with E-state index in [0.29, 0.717) is 0 Å². The van der Waals surface area contributed by atoms with Crippen molar-refractivity contribution in [3.05, 3.63) is 22.8 Å². The van der Waals surface area contributed by atoms with Crippen LogP contribution in [0.2, 0.25) is 0 Å². The Kier molecular flexibility index (Phi) is 1.15. The van der Waals surface area contributed by atoms with Gasteiger partial charge in [-0.15, -0.1) is 11.8 Å². The molecule has 0 amide bonds. The van der Waals surface area contributed by atoms with Gasteiger partial charge in [0.15, 0.2) is 0 Å². The average Bonchev–Trinajstić information content (AvgIpc) is 2.71. The second-order valence-electron chi connectivity index (χ2n) is 2.59. The Morgan fingerprint density at radius 3 is 3.25 bits per heavy atom. The van der Waals surface area contributed by atoms with Gasteiger partial charge in [-0.2, -0.15) is 0 Å². The summed E-state index contributed by atoms with van der Waals surface area (Å²) < 4.78 is 0. The van der Waals surface area contributed by atoms with Gasteiger partial charge in [0.05, 0.1) is 11.6 Å². The predicted molar refractivity (Wildman–Crippen MR) is 47.6 cm³/mol. The molecule has 12 heavy (non-hydrogen) atoms. The molecule has 0 unspecified atom stereocenters. The highest BCUT2D eigenvalue weighted by molar-refractivity contribution is 7.99. The van der Waals surface area contributed by atoms with Crippen LogP contribution in [0.5, 0.6) is 0 Å². The quantitative estimate of drug-likeness (QED) is 0.570. The Morgan fingerprint density at radius 2 is 2.25 bits per heavy atom. The molecule has 0 saturated carbocycles. The van der Waals surface area contributed by atoms with Crippen LogP contribution in [0.25, 0.3) is 0 Å². The van der Waals surface area contributed by atoms with Crippen molar-refractivity contribution >= 4 is 23.8 Å². The third kappa shape index (κ3) is 0.701. The number of fused-ring (bicyclic) bond motifs is 3. The molecule has 0 fully saturated rings. The van der Waals surface area contributed by atoms with E-state index >= 15 is 0 Å². The van der Waals surface area contributed by atoms with E-state index in [1.54, 1.807) is 18.1 Å². The minimum absolute atomic E-state index is 0.821. The Labute approximate surface area is 73.0 Å².